The Labute approximate surface area is 120 Å². The highest BCUT2D eigenvalue weighted by molar-refractivity contribution is 5.58. The Morgan fingerprint density at radius 2 is 2.19 bits per heavy atom. The fraction of sp³-hybridized carbons (Fsp3) is 0.133. The number of H-pyrrole nitrogens is 1. The molecule has 0 aliphatic rings. The van der Waals surface area contributed by atoms with Gasteiger partial charge >= 0.3 is 0 Å². The van der Waals surface area contributed by atoms with Crippen molar-refractivity contribution in [3.05, 3.63) is 53.7 Å². The van der Waals surface area contributed by atoms with Crippen molar-refractivity contribution in [3.8, 4) is 17.2 Å². The molecule has 0 aliphatic carbocycles. The van der Waals surface area contributed by atoms with Gasteiger partial charge in [0.05, 0.1) is 6.20 Å². The lowest BCUT2D eigenvalue weighted by molar-refractivity contribution is 0.432. The zero-order valence-corrected chi connectivity index (χ0v) is 11.4. The Morgan fingerprint density at radius 3 is 2.90 bits per heavy atom. The Kier molecular flexibility index (Phi) is 3.35. The lowest BCUT2D eigenvalue weighted by atomic mass is 10.2. The van der Waals surface area contributed by atoms with Crippen LogP contribution in [0.15, 0.2) is 40.9 Å². The molecule has 0 saturated heterocycles. The molecule has 0 radical (unpaired) electrons. The van der Waals surface area contributed by atoms with Gasteiger partial charge < -0.3 is 14.8 Å². The molecule has 21 heavy (non-hydrogen) atoms. The van der Waals surface area contributed by atoms with Crippen LogP contribution in [-0.2, 0) is 6.54 Å². The summed E-state index contributed by atoms with van der Waals surface area (Å²) in [6.45, 7) is 2.33. The molecule has 6 heteroatoms. The molecule has 3 aromatic rings. The predicted octanol–water partition coefficient (Wildman–Crippen LogP) is 3.43. The summed E-state index contributed by atoms with van der Waals surface area (Å²) in [5, 5.41) is 19.1. The van der Waals surface area contributed by atoms with E-state index in [0.717, 1.165) is 17.0 Å². The fourth-order valence-electron chi connectivity index (χ4n) is 2.04. The summed E-state index contributed by atoms with van der Waals surface area (Å²) in [6, 6.07) is 7.90. The van der Waals surface area contributed by atoms with Gasteiger partial charge in [0.1, 0.15) is 11.5 Å². The SMILES string of the molecule is Cc1ccc(-c2[nH]ncc2CNc2ccc(O)c(F)c2)o1. The molecule has 2 heterocycles. The first kappa shape index (κ1) is 13.2. The molecule has 0 fully saturated rings. The molecule has 0 atom stereocenters. The van der Waals surface area contributed by atoms with Gasteiger partial charge in [0.2, 0.25) is 0 Å². The van der Waals surface area contributed by atoms with Gasteiger partial charge in [0, 0.05) is 23.9 Å². The zero-order chi connectivity index (χ0) is 14.8. The number of phenolic OH excluding ortho intramolecular Hbond substituents is 1. The van der Waals surface area contributed by atoms with Gasteiger partial charge in [-0.1, -0.05) is 0 Å². The molecule has 2 aromatic heterocycles. The quantitative estimate of drug-likeness (QED) is 0.643. The predicted molar refractivity (Wildman–Crippen MR) is 76.4 cm³/mol. The third-order valence-corrected chi connectivity index (χ3v) is 3.14. The minimum atomic E-state index is -0.658. The number of aromatic nitrogens is 2. The number of aromatic amines is 1. The van der Waals surface area contributed by atoms with E-state index < -0.39 is 5.82 Å². The van der Waals surface area contributed by atoms with Crippen molar-refractivity contribution in [2.75, 3.05) is 5.32 Å². The summed E-state index contributed by atoms with van der Waals surface area (Å²) in [5.41, 5.74) is 2.26. The third kappa shape index (κ3) is 2.74. The maximum atomic E-state index is 13.3. The topological polar surface area (TPSA) is 74.1 Å². The second kappa shape index (κ2) is 5.32. The summed E-state index contributed by atoms with van der Waals surface area (Å²) in [7, 11) is 0. The molecule has 0 amide bonds. The van der Waals surface area contributed by atoms with Gasteiger partial charge in [-0.15, -0.1) is 0 Å². The smallest absolute Gasteiger partial charge is 0.166 e. The first-order chi connectivity index (χ1) is 10.1. The number of anilines is 1. The highest BCUT2D eigenvalue weighted by atomic mass is 19.1. The average molecular weight is 287 g/mol. The summed E-state index contributed by atoms with van der Waals surface area (Å²) in [4.78, 5) is 0. The van der Waals surface area contributed by atoms with Crippen molar-refractivity contribution in [2.24, 2.45) is 0 Å². The van der Waals surface area contributed by atoms with Crippen LogP contribution in [-0.4, -0.2) is 15.3 Å². The van der Waals surface area contributed by atoms with Crippen LogP contribution >= 0.6 is 0 Å². The Bertz CT molecular complexity index is 764. The van der Waals surface area contributed by atoms with E-state index in [1.54, 1.807) is 12.3 Å². The monoisotopic (exact) mass is 287 g/mol. The van der Waals surface area contributed by atoms with E-state index in [0.29, 0.717) is 18.0 Å². The highest BCUT2D eigenvalue weighted by Gasteiger charge is 2.11. The number of halogens is 1. The molecule has 3 N–H and O–H groups in total. The van der Waals surface area contributed by atoms with Crippen LogP contribution in [0.1, 0.15) is 11.3 Å². The van der Waals surface area contributed by atoms with Gasteiger partial charge in [-0.2, -0.15) is 5.10 Å². The minimum Gasteiger partial charge on any atom is -0.505 e. The van der Waals surface area contributed by atoms with Gasteiger partial charge in [0.15, 0.2) is 17.3 Å². The maximum absolute atomic E-state index is 13.3. The van der Waals surface area contributed by atoms with Crippen molar-refractivity contribution in [1.82, 2.24) is 10.2 Å². The van der Waals surface area contributed by atoms with Crippen molar-refractivity contribution < 1.29 is 13.9 Å². The summed E-state index contributed by atoms with van der Waals surface area (Å²) < 4.78 is 18.8. The maximum Gasteiger partial charge on any atom is 0.166 e. The standard InChI is InChI=1S/C15H14FN3O2/c1-9-2-5-14(21-9)15-10(8-18-19-15)7-17-11-3-4-13(20)12(16)6-11/h2-6,8,17,20H,7H2,1H3,(H,18,19). The number of furan rings is 1. The lowest BCUT2D eigenvalue weighted by Crippen LogP contribution is -2.00. The summed E-state index contributed by atoms with van der Waals surface area (Å²) in [6.07, 6.45) is 1.69. The molecule has 0 unspecified atom stereocenters. The van der Waals surface area contributed by atoms with E-state index in [-0.39, 0.29) is 5.75 Å². The number of aromatic hydroxyl groups is 1. The van der Waals surface area contributed by atoms with Crippen molar-refractivity contribution in [3.63, 3.8) is 0 Å². The number of nitrogens with zero attached hydrogens (tertiary/aromatic N) is 1. The minimum absolute atomic E-state index is 0.365. The summed E-state index contributed by atoms with van der Waals surface area (Å²) >= 11 is 0. The number of aryl methyl sites for hydroxylation is 1. The fourth-order valence-corrected chi connectivity index (χ4v) is 2.04. The molecule has 0 aliphatic heterocycles. The van der Waals surface area contributed by atoms with Gasteiger partial charge in [-0.05, 0) is 31.2 Å². The number of benzene rings is 1. The first-order valence-electron chi connectivity index (χ1n) is 6.45. The molecule has 1 aromatic carbocycles. The third-order valence-electron chi connectivity index (χ3n) is 3.14. The number of rotatable bonds is 4. The number of nitrogens with one attached hydrogen (secondary N) is 2. The normalized spacial score (nSPS) is 10.8. The van der Waals surface area contributed by atoms with Crippen LogP contribution in [0.5, 0.6) is 5.75 Å². The Morgan fingerprint density at radius 1 is 1.33 bits per heavy atom. The average Bonchev–Trinajstić information content (AvgIpc) is 3.08. The number of hydrogen-bond acceptors (Lipinski definition) is 4. The van der Waals surface area contributed by atoms with Crippen LogP contribution in [0.4, 0.5) is 10.1 Å². The van der Waals surface area contributed by atoms with E-state index in [1.165, 1.54) is 12.1 Å². The van der Waals surface area contributed by atoms with E-state index in [2.05, 4.69) is 15.5 Å². The molecule has 3 rings (SSSR count). The van der Waals surface area contributed by atoms with Crippen molar-refractivity contribution >= 4 is 5.69 Å². The molecule has 0 spiro atoms. The van der Waals surface area contributed by atoms with Crippen LogP contribution in [0.25, 0.3) is 11.5 Å². The van der Waals surface area contributed by atoms with E-state index in [9.17, 15) is 4.39 Å². The van der Waals surface area contributed by atoms with Gasteiger partial charge in [-0.3, -0.25) is 5.10 Å². The zero-order valence-electron chi connectivity index (χ0n) is 11.4. The molecule has 108 valence electrons. The molecular formula is C15H14FN3O2. The molecule has 5 nitrogen and oxygen atoms in total. The largest absolute Gasteiger partial charge is 0.505 e. The first-order valence-corrected chi connectivity index (χ1v) is 6.45. The molecule has 0 saturated carbocycles. The van der Waals surface area contributed by atoms with Crippen LogP contribution in [0, 0.1) is 12.7 Å². The Hall–Kier alpha value is -2.76. The van der Waals surface area contributed by atoms with Crippen LogP contribution in [0.2, 0.25) is 0 Å². The second-order valence-corrected chi connectivity index (χ2v) is 4.70. The Balaban J connectivity index is 1.77. The summed E-state index contributed by atoms with van der Waals surface area (Å²) in [5.74, 6) is 0.502. The van der Waals surface area contributed by atoms with Crippen LogP contribution in [0.3, 0.4) is 0 Å². The van der Waals surface area contributed by atoms with E-state index in [1.807, 2.05) is 19.1 Å². The second-order valence-electron chi connectivity index (χ2n) is 4.70. The molecule has 0 bridgehead atoms. The number of hydrogen-bond donors (Lipinski definition) is 3. The lowest BCUT2D eigenvalue weighted by Gasteiger charge is -2.07. The van der Waals surface area contributed by atoms with Gasteiger partial charge in [0.25, 0.3) is 0 Å². The molecular weight excluding hydrogens is 273 g/mol. The van der Waals surface area contributed by atoms with Gasteiger partial charge in [-0.25, -0.2) is 4.39 Å². The van der Waals surface area contributed by atoms with Crippen LogP contribution < -0.4 is 5.32 Å². The van der Waals surface area contributed by atoms with E-state index in [4.69, 9.17) is 9.52 Å². The van der Waals surface area contributed by atoms with Crippen molar-refractivity contribution in [2.45, 2.75) is 13.5 Å². The van der Waals surface area contributed by atoms with Crippen molar-refractivity contribution in [1.29, 1.82) is 0 Å². The van der Waals surface area contributed by atoms with E-state index >= 15 is 0 Å². The number of phenols is 1. The highest BCUT2D eigenvalue weighted by Crippen LogP contribution is 2.25.